The van der Waals surface area contributed by atoms with Crippen LogP contribution in [0.5, 0.6) is 11.5 Å². The molecule has 4 rings (SSSR count). The van der Waals surface area contributed by atoms with E-state index in [4.69, 9.17) is 15.2 Å². The monoisotopic (exact) mass is 330 g/mol. The Kier molecular flexibility index (Phi) is 3.61. The lowest BCUT2D eigenvalue weighted by Gasteiger charge is -2.13. The predicted molar refractivity (Wildman–Crippen MR) is 90.0 cm³/mol. The lowest BCUT2D eigenvalue weighted by Crippen LogP contribution is -2.33. The summed E-state index contributed by atoms with van der Waals surface area (Å²) in [6.07, 6.45) is 4.46. The van der Waals surface area contributed by atoms with E-state index in [1.807, 2.05) is 23.6 Å². The normalized spacial score (nSPS) is 16.7. The number of carbonyl (C=O) groups is 1. The lowest BCUT2D eigenvalue weighted by atomic mass is 10.0. The van der Waals surface area contributed by atoms with Gasteiger partial charge < -0.3 is 20.5 Å². The zero-order valence-electron chi connectivity index (χ0n) is 12.6. The van der Waals surface area contributed by atoms with Gasteiger partial charge in [0.15, 0.2) is 11.5 Å². The summed E-state index contributed by atoms with van der Waals surface area (Å²) in [5.74, 6) is 1.35. The van der Waals surface area contributed by atoms with Crippen LogP contribution in [0.1, 0.15) is 36.0 Å². The van der Waals surface area contributed by atoms with Crippen molar-refractivity contribution in [2.75, 3.05) is 12.5 Å². The number of hydrogen-bond acceptors (Lipinski definition) is 5. The molecule has 1 aliphatic heterocycles. The molecule has 1 amide bonds. The molecule has 6 heteroatoms. The summed E-state index contributed by atoms with van der Waals surface area (Å²) in [6, 6.07) is 5.97. The van der Waals surface area contributed by atoms with Gasteiger partial charge >= 0.3 is 0 Å². The number of carbonyl (C=O) groups excluding carboxylic acids is 1. The number of nitrogens with one attached hydrogen (secondary N) is 1. The van der Waals surface area contributed by atoms with Gasteiger partial charge in [0.25, 0.3) is 5.91 Å². The molecule has 0 radical (unpaired) electrons. The third-order valence-corrected chi connectivity index (χ3v) is 5.23. The molecule has 1 aromatic heterocycles. The Morgan fingerprint density at radius 3 is 2.83 bits per heavy atom. The summed E-state index contributed by atoms with van der Waals surface area (Å²) in [5.41, 5.74) is 8.40. The van der Waals surface area contributed by atoms with Crippen LogP contribution in [-0.2, 0) is 0 Å². The van der Waals surface area contributed by atoms with Gasteiger partial charge in [-0.3, -0.25) is 4.79 Å². The summed E-state index contributed by atoms with van der Waals surface area (Å²) in [4.78, 5) is 12.7. The van der Waals surface area contributed by atoms with E-state index in [9.17, 15) is 4.79 Å². The Morgan fingerprint density at radius 1 is 1.22 bits per heavy atom. The Morgan fingerprint density at radius 2 is 2.00 bits per heavy atom. The van der Waals surface area contributed by atoms with E-state index in [1.54, 1.807) is 0 Å². The van der Waals surface area contributed by atoms with Crippen molar-refractivity contribution in [1.29, 1.82) is 0 Å². The highest BCUT2D eigenvalue weighted by Crippen LogP contribution is 2.40. The number of fused-ring (bicyclic) bond motifs is 1. The van der Waals surface area contributed by atoms with Crippen molar-refractivity contribution in [2.24, 2.45) is 0 Å². The van der Waals surface area contributed by atoms with Crippen molar-refractivity contribution < 1.29 is 14.3 Å². The largest absolute Gasteiger partial charge is 0.454 e. The minimum Gasteiger partial charge on any atom is -0.454 e. The molecule has 1 aromatic carbocycles. The fourth-order valence-electron chi connectivity index (χ4n) is 3.21. The number of benzene rings is 1. The second-order valence-corrected chi connectivity index (χ2v) is 6.82. The predicted octanol–water partition coefficient (Wildman–Crippen LogP) is 3.40. The van der Waals surface area contributed by atoms with E-state index in [0.29, 0.717) is 16.3 Å². The number of nitrogens with two attached hydrogens (primary N) is 1. The van der Waals surface area contributed by atoms with Gasteiger partial charge in [-0.05, 0) is 30.5 Å². The van der Waals surface area contributed by atoms with E-state index in [-0.39, 0.29) is 18.7 Å². The number of hydrogen-bond donors (Lipinski definition) is 2. The third kappa shape index (κ3) is 2.63. The minimum absolute atomic E-state index is 0.0803. The first-order chi connectivity index (χ1) is 11.2. The van der Waals surface area contributed by atoms with Crippen molar-refractivity contribution in [3.8, 4) is 22.6 Å². The molecule has 3 N–H and O–H groups in total. The molecule has 0 bridgehead atoms. The number of rotatable bonds is 3. The smallest absolute Gasteiger partial charge is 0.255 e. The van der Waals surface area contributed by atoms with Crippen LogP contribution in [0.15, 0.2) is 23.6 Å². The standard InChI is InChI=1S/C17H18N2O3S/c18-16-15(17(20)19-11-3-1-2-4-11)12(8-23-16)10-5-6-13-14(7-10)22-9-21-13/h5-8,11H,1-4,9,18H2,(H,19,20). The van der Waals surface area contributed by atoms with Gasteiger partial charge in [0.1, 0.15) is 0 Å². The second kappa shape index (κ2) is 5.77. The highest BCUT2D eigenvalue weighted by molar-refractivity contribution is 7.15. The van der Waals surface area contributed by atoms with Gasteiger partial charge in [-0.2, -0.15) is 0 Å². The first-order valence-electron chi connectivity index (χ1n) is 7.80. The molecule has 120 valence electrons. The topological polar surface area (TPSA) is 73.6 Å². The summed E-state index contributed by atoms with van der Waals surface area (Å²) in [6.45, 7) is 0.236. The first-order valence-corrected chi connectivity index (χ1v) is 8.68. The number of anilines is 1. The number of ether oxygens (including phenoxy) is 2. The quantitative estimate of drug-likeness (QED) is 0.904. The Bertz CT molecular complexity index is 750. The maximum absolute atomic E-state index is 12.7. The van der Waals surface area contributed by atoms with E-state index < -0.39 is 0 Å². The average molecular weight is 330 g/mol. The highest BCUT2D eigenvalue weighted by atomic mass is 32.1. The van der Waals surface area contributed by atoms with E-state index in [1.165, 1.54) is 24.2 Å². The van der Waals surface area contributed by atoms with Gasteiger partial charge in [0.2, 0.25) is 6.79 Å². The zero-order chi connectivity index (χ0) is 15.8. The Labute approximate surface area is 138 Å². The van der Waals surface area contributed by atoms with Crippen molar-refractivity contribution in [2.45, 2.75) is 31.7 Å². The van der Waals surface area contributed by atoms with Crippen LogP contribution in [0.3, 0.4) is 0 Å². The van der Waals surface area contributed by atoms with Crippen molar-refractivity contribution in [1.82, 2.24) is 5.32 Å². The van der Waals surface area contributed by atoms with Crippen LogP contribution in [0.2, 0.25) is 0 Å². The molecule has 2 aromatic rings. The van der Waals surface area contributed by atoms with Gasteiger partial charge in [-0.15, -0.1) is 11.3 Å². The summed E-state index contributed by atoms with van der Waals surface area (Å²) in [5, 5.41) is 5.59. The molecule has 1 aliphatic carbocycles. The van der Waals surface area contributed by atoms with E-state index >= 15 is 0 Å². The number of nitrogen functional groups attached to an aromatic ring is 1. The Balaban J connectivity index is 1.66. The summed E-state index contributed by atoms with van der Waals surface area (Å²) >= 11 is 1.39. The summed E-state index contributed by atoms with van der Waals surface area (Å²) in [7, 11) is 0. The van der Waals surface area contributed by atoms with Gasteiger partial charge in [0.05, 0.1) is 10.6 Å². The van der Waals surface area contributed by atoms with E-state index in [0.717, 1.165) is 29.7 Å². The molecule has 1 saturated carbocycles. The van der Waals surface area contributed by atoms with Gasteiger partial charge in [0, 0.05) is 17.0 Å². The van der Waals surface area contributed by atoms with E-state index in [2.05, 4.69) is 5.32 Å². The Hall–Kier alpha value is -2.21. The second-order valence-electron chi connectivity index (χ2n) is 5.91. The first kappa shape index (κ1) is 14.4. The molecule has 23 heavy (non-hydrogen) atoms. The van der Waals surface area contributed by atoms with Crippen LogP contribution in [0.25, 0.3) is 11.1 Å². The van der Waals surface area contributed by atoms with Crippen LogP contribution in [0.4, 0.5) is 5.00 Å². The number of thiophene rings is 1. The maximum Gasteiger partial charge on any atom is 0.255 e. The van der Waals surface area contributed by atoms with Crippen LogP contribution in [0, 0.1) is 0 Å². The molecule has 0 atom stereocenters. The molecule has 0 unspecified atom stereocenters. The molecule has 2 aliphatic rings. The van der Waals surface area contributed by atoms with Crippen LogP contribution >= 0.6 is 11.3 Å². The third-order valence-electron chi connectivity index (χ3n) is 4.42. The average Bonchev–Trinajstić information content (AvgIpc) is 3.26. The molecule has 0 saturated heterocycles. The molecule has 2 heterocycles. The molecule has 0 spiro atoms. The van der Waals surface area contributed by atoms with Crippen molar-refractivity contribution in [3.63, 3.8) is 0 Å². The molecular weight excluding hydrogens is 312 g/mol. The number of amides is 1. The van der Waals surface area contributed by atoms with Gasteiger partial charge in [-0.25, -0.2) is 0 Å². The fourth-order valence-corrected chi connectivity index (χ4v) is 4.03. The maximum atomic E-state index is 12.7. The highest BCUT2D eigenvalue weighted by Gasteiger charge is 2.24. The van der Waals surface area contributed by atoms with Crippen LogP contribution < -0.4 is 20.5 Å². The van der Waals surface area contributed by atoms with Gasteiger partial charge in [-0.1, -0.05) is 18.9 Å². The summed E-state index contributed by atoms with van der Waals surface area (Å²) < 4.78 is 10.8. The lowest BCUT2D eigenvalue weighted by molar-refractivity contribution is 0.0940. The SMILES string of the molecule is Nc1scc(-c2ccc3c(c2)OCO3)c1C(=O)NC1CCCC1. The van der Waals surface area contributed by atoms with Crippen molar-refractivity contribution in [3.05, 3.63) is 29.1 Å². The minimum atomic E-state index is -0.0803. The molecular formula is C17H18N2O3S. The fraction of sp³-hybridized carbons (Fsp3) is 0.353. The van der Waals surface area contributed by atoms with Crippen molar-refractivity contribution >= 4 is 22.2 Å². The zero-order valence-corrected chi connectivity index (χ0v) is 13.4. The van der Waals surface area contributed by atoms with Crippen LogP contribution in [-0.4, -0.2) is 18.7 Å². The molecule has 5 nitrogen and oxygen atoms in total. The molecule has 1 fully saturated rings.